The Morgan fingerprint density at radius 2 is 1.84 bits per heavy atom. The number of esters is 1. The predicted molar refractivity (Wildman–Crippen MR) is 95.2 cm³/mol. The van der Waals surface area contributed by atoms with Gasteiger partial charge >= 0.3 is 5.97 Å². The van der Waals surface area contributed by atoms with Gasteiger partial charge in [0.2, 0.25) is 0 Å². The van der Waals surface area contributed by atoms with E-state index in [2.05, 4.69) is 0 Å². The minimum atomic E-state index is -0.507. The number of fused-ring (bicyclic) bond motifs is 1. The van der Waals surface area contributed by atoms with Crippen LogP contribution in [0.2, 0.25) is 0 Å². The van der Waals surface area contributed by atoms with Crippen molar-refractivity contribution in [3.05, 3.63) is 65.7 Å². The Labute approximate surface area is 146 Å². The normalized spacial score (nSPS) is 14.6. The zero-order chi connectivity index (χ0) is 17.8. The molecule has 0 atom stereocenters. The van der Waals surface area contributed by atoms with E-state index < -0.39 is 5.97 Å². The average molecular weight is 337 g/mol. The average Bonchev–Trinajstić information content (AvgIpc) is 2.88. The molecule has 0 saturated carbocycles. The molecular weight excluding hydrogens is 318 g/mol. The van der Waals surface area contributed by atoms with Gasteiger partial charge in [-0.25, -0.2) is 4.79 Å². The number of methoxy groups -OCH3 is 1. The monoisotopic (exact) mass is 337 g/mol. The standard InChI is InChI=1S/C20H19NO4/c1-3-25-19(22)12-17-16-6-4-5-7-18(16)21(20(17)23)13-14-8-10-15(24-2)11-9-14/h4-12H,3,13H2,1-2H3. The molecule has 0 bridgehead atoms. The first-order valence-corrected chi connectivity index (χ1v) is 8.06. The maximum absolute atomic E-state index is 12.9. The van der Waals surface area contributed by atoms with Gasteiger partial charge in [-0.05, 0) is 30.7 Å². The van der Waals surface area contributed by atoms with E-state index >= 15 is 0 Å². The number of carbonyl (C=O) groups excluding carboxylic acids is 2. The Morgan fingerprint density at radius 3 is 2.52 bits per heavy atom. The van der Waals surface area contributed by atoms with E-state index in [0.717, 1.165) is 22.6 Å². The second kappa shape index (κ2) is 7.21. The molecule has 128 valence electrons. The summed E-state index contributed by atoms with van der Waals surface area (Å²) >= 11 is 0. The number of anilines is 1. The molecule has 5 nitrogen and oxygen atoms in total. The number of rotatable bonds is 5. The van der Waals surface area contributed by atoms with Gasteiger partial charge in [0.1, 0.15) is 5.75 Å². The summed E-state index contributed by atoms with van der Waals surface area (Å²) in [5, 5.41) is 0. The van der Waals surface area contributed by atoms with Crippen molar-refractivity contribution in [1.29, 1.82) is 0 Å². The highest BCUT2D eigenvalue weighted by atomic mass is 16.5. The quantitative estimate of drug-likeness (QED) is 0.621. The maximum Gasteiger partial charge on any atom is 0.331 e. The van der Waals surface area contributed by atoms with Gasteiger partial charge in [-0.1, -0.05) is 30.3 Å². The van der Waals surface area contributed by atoms with E-state index in [1.54, 1.807) is 18.9 Å². The van der Waals surface area contributed by atoms with E-state index in [1.165, 1.54) is 6.08 Å². The summed E-state index contributed by atoms with van der Waals surface area (Å²) in [6, 6.07) is 15.0. The van der Waals surface area contributed by atoms with E-state index in [9.17, 15) is 9.59 Å². The van der Waals surface area contributed by atoms with Gasteiger partial charge in [0.25, 0.3) is 5.91 Å². The Morgan fingerprint density at radius 1 is 1.12 bits per heavy atom. The Bertz CT molecular complexity index is 824. The van der Waals surface area contributed by atoms with Crippen LogP contribution in [0.1, 0.15) is 18.1 Å². The van der Waals surface area contributed by atoms with Gasteiger partial charge in [0.15, 0.2) is 0 Å². The van der Waals surface area contributed by atoms with Crippen molar-refractivity contribution in [3.63, 3.8) is 0 Å². The fraction of sp³-hybridized carbons (Fsp3) is 0.200. The first-order valence-electron chi connectivity index (χ1n) is 8.06. The number of hydrogen-bond donors (Lipinski definition) is 0. The van der Waals surface area contributed by atoms with Crippen molar-refractivity contribution >= 4 is 23.1 Å². The largest absolute Gasteiger partial charge is 0.497 e. The van der Waals surface area contributed by atoms with Gasteiger partial charge in [0.05, 0.1) is 31.5 Å². The SMILES string of the molecule is CCOC(=O)C=C1C(=O)N(Cc2ccc(OC)cc2)c2ccccc21. The van der Waals surface area contributed by atoms with Crippen LogP contribution in [-0.4, -0.2) is 25.6 Å². The lowest BCUT2D eigenvalue weighted by molar-refractivity contribution is -0.137. The van der Waals surface area contributed by atoms with Crippen LogP contribution in [-0.2, 0) is 20.9 Å². The fourth-order valence-corrected chi connectivity index (χ4v) is 2.82. The lowest BCUT2D eigenvalue weighted by Gasteiger charge is -2.17. The summed E-state index contributed by atoms with van der Waals surface area (Å²) in [5.41, 5.74) is 2.87. The molecule has 0 unspecified atom stereocenters. The number of ether oxygens (including phenoxy) is 2. The highest BCUT2D eigenvalue weighted by Gasteiger charge is 2.32. The zero-order valence-electron chi connectivity index (χ0n) is 14.2. The zero-order valence-corrected chi connectivity index (χ0v) is 14.2. The van der Waals surface area contributed by atoms with E-state index in [0.29, 0.717) is 12.1 Å². The van der Waals surface area contributed by atoms with Crippen molar-refractivity contribution in [3.8, 4) is 5.75 Å². The van der Waals surface area contributed by atoms with Gasteiger partial charge in [0, 0.05) is 11.6 Å². The third kappa shape index (κ3) is 3.40. The lowest BCUT2D eigenvalue weighted by Crippen LogP contribution is -2.25. The summed E-state index contributed by atoms with van der Waals surface area (Å²) in [7, 11) is 1.61. The van der Waals surface area contributed by atoms with Crippen LogP contribution in [0, 0.1) is 0 Å². The van der Waals surface area contributed by atoms with E-state index in [-0.39, 0.29) is 12.5 Å². The molecule has 0 aliphatic carbocycles. The first-order chi connectivity index (χ1) is 12.1. The molecule has 0 aromatic heterocycles. The molecule has 0 fully saturated rings. The minimum Gasteiger partial charge on any atom is -0.497 e. The number of benzene rings is 2. The predicted octanol–water partition coefficient (Wildman–Crippen LogP) is 3.19. The van der Waals surface area contributed by atoms with Gasteiger partial charge in [-0.3, -0.25) is 4.79 Å². The van der Waals surface area contributed by atoms with Crippen LogP contribution in [0.25, 0.3) is 5.57 Å². The number of amides is 1. The summed E-state index contributed by atoms with van der Waals surface area (Å²) in [6.07, 6.45) is 1.28. The Kier molecular flexibility index (Phi) is 4.84. The molecule has 1 aliphatic rings. The second-order valence-electron chi connectivity index (χ2n) is 5.57. The molecule has 0 N–H and O–H groups in total. The molecule has 1 aliphatic heterocycles. The topological polar surface area (TPSA) is 55.8 Å². The number of hydrogen-bond acceptors (Lipinski definition) is 4. The van der Waals surface area contributed by atoms with Crippen molar-refractivity contribution in [2.24, 2.45) is 0 Å². The molecule has 5 heteroatoms. The molecule has 1 heterocycles. The fourth-order valence-electron chi connectivity index (χ4n) is 2.82. The van der Waals surface area contributed by atoms with E-state index in [1.807, 2.05) is 48.5 Å². The highest BCUT2D eigenvalue weighted by molar-refractivity contribution is 6.34. The lowest BCUT2D eigenvalue weighted by atomic mass is 10.1. The van der Waals surface area contributed by atoms with Gasteiger partial charge in [-0.2, -0.15) is 0 Å². The van der Waals surface area contributed by atoms with Crippen LogP contribution in [0.5, 0.6) is 5.75 Å². The van der Waals surface area contributed by atoms with Crippen LogP contribution in [0.3, 0.4) is 0 Å². The molecule has 0 spiro atoms. The summed E-state index contributed by atoms with van der Waals surface area (Å²) in [5.74, 6) is 0.0526. The van der Waals surface area contributed by atoms with Gasteiger partial charge in [-0.15, -0.1) is 0 Å². The number of para-hydroxylation sites is 1. The second-order valence-corrected chi connectivity index (χ2v) is 5.57. The van der Waals surface area contributed by atoms with Crippen LogP contribution in [0.4, 0.5) is 5.69 Å². The molecule has 0 radical (unpaired) electrons. The van der Waals surface area contributed by atoms with Gasteiger partial charge < -0.3 is 14.4 Å². The van der Waals surface area contributed by atoms with Crippen molar-refractivity contribution < 1.29 is 19.1 Å². The smallest absolute Gasteiger partial charge is 0.331 e. The minimum absolute atomic E-state index is 0.204. The van der Waals surface area contributed by atoms with Crippen molar-refractivity contribution in [2.75, 3.05) is 18.6 Å². The third-order valence-corrected chi connectivity index (χ3v) is 4.01. The van der Waals surface area contributed by atoms with Crippen LogP contribution >= 0.6 is 0 Å². The highest BCUT2D eigenvalue weighted by Crippen LogP contribution is 2.37. The number of nitrogens with zero attached hydrogens (tertiary/aromatic N) is 1. The molecule has 2 aromatic rings. The summed E-state index contributed by atoms with van der Waals surface area (Å²) in [6.45, 7) is 2.42. The van der Waals surface area contributed by atoms with Crippen molar-refractivity contribution in [1.82, 2.24) is 0 Å². The third-order valence-electron chi connectivity index (χ3n) is 4.01. The molecule has 2 aromatic carbocycles. The number of carbonyl (C=O) groups is 2. The Balaban J connectivity index is 1.92. The molecule has 0 saturated heterocycles. The molecule has 1 amide bonds. The van der Waals surface area contributed by atoms with Crippen LogP contribution in [0.15, 0.2) is 54.6 Å². The summed E-state index contributed by atoms with van der Waals surface area (Å²) < 4.78 is 10.1. The van der Waals surface area contributed by atoms with E-state index in [4.69, 9.17) is 9.47 Å². The molecule has 25 heavy (non-hydrogen) atoms. The van der Waals surface area contributed by atoms with Crippen molar-refractivity contribution in [2.45, 2.75) is 13.5 Å². The first kappa shape index (κ1) is 16.8. The summed E-state index contributed by atoms with van der Waals surface area (Å²) in [4.78, 5) is 26.3. The van der Waals surface area contributed by atoms with Crippen LogP contribution < -0.4 is 9.64 Å². The molecular formula is C20H19NO4. The maximum atomic E-state index is 12.9. The Hall–Kier alpha value is -3.08. The molecule has 3 rings (SSSR count).